The number of nitrogens with zero attached hydrogens (tertiary/aromatic N) is 2. The minimum Gasteiger partial charge on any atom is -0.395 e. The molecule has 106 valence electrons. The average molecular weight is 279 g/mol. The van der Waals surface area contributed by atoms with E-state index < -0.39 is 10.2 Å². The van der Waals surface area contributed by atoms with Crippen LogP contribution >= 0.6 is 0 Å². The van der Waals surface area contributed by atoms with Gasteiger partial charge in [0.2, 0.25) is 0 Å². The number of morpholine rings is 1. The molecule has 0 aromatic heterocycles. The maximum absolute atomic E-state index is 12.2. The Morgan fingerprint density at radius 1 is 1.22 bits per heavy atom. The van der Waals surface area contributed by atoms with Crippen LogP contribution < -0.4 is 4.83 Å². The molecule has 2 aliphatic rings. The number of aliphatic hydroxyl groups excluding tert-OH is 1. The lowest BCUT2D eigenvalue weighted by Gasteiger charge is -2.36. The number of hydrazine groups is 1. The third-order valence-electron chi connectivity index (χ3n) is 3.35. The van der Waals surface area contributed by atoms with E-state index in [1.807, 2.05) is 0 Å². The van der Waals surface area contributed by atoms with Crippen molar-refractivity contribution in [3.63, 3.8) is 0 Å². The Kier molecular flexibility index (Phi) is 4.93. The van der Waals surface area contributed by atoms with Crippen molar-refractivity contribution >= 4 is 10.2 Å². The van der Waals surface area contributed by atoms with Crippen molar-refractivity contribution in [2.75, 3.05) is 39.5 Å². The fraction of sp³-hybridized carbons (Fsp3) is 1.00. The quantitative estimate of drug-likeness (QED) is 0.684. The molecule has 0 aliphatic carbocycles. The molecule has 1 unspecified atom stereocenters. The Morgan fingerprint density at radius 2 is 1.94 bits per heavy atom. The van der Waals surface area contributed by atoms with Gasteiger partial charge in [0.15, 0.2) is 0 Å². The van der Waals surface area contributed by atoms with Gasteiger partial charge in [-0.15, -0.1) is 4.83 Å². The second kappa shape index (κ2) is 6.27. The maximum Gasteiger partial charge on any atom is 0.292 e. The number of hydrogen-bond acceptors (Lipinski definition) is 5. The van der Waals surface area contributed by atoms with Gasteiger partial charge in [0.1, 0.15) is 0 Å². The van der Waals surface area contributed by atoms with Crippen LogP contribution in [0.4, 0.5) is 0 Å². The molecule has 7 nitrogen and oxygen atoms in total. The van der Waals surface area contributed by atoms with E-state index in [1.54, 1.807) is 5.01 Å². The highest BCUT2D eigenvalue weighted by Crippen LogP contribution is 2.19. The van der Waals surface area contributed by atoms with Crippen molar-refractivity contribution in [3.05, 3.63) is 0 Å². The largest absolute Gasteiger partial charge is 0.395 e. The van der Waals surface area contributed by atoms with E-state index in [9.17, 15) is 13.5 Å². The molecule has 0 amide bonds. The van der Waals surface area contributed by atoms with Gasteiger partial charge >= 0.3 is 0 Å². The zero-order valence-corrected chi connectivity index (χ0v) is 11.2. The summed E-state index contributed by atoms with van der Waals surface area (Å²) in [5.41, 5.74) is 0. The van der Waals surface area contributed by atoms with E-state index in [1.165, 1.54) is 4.31 Å². The monoisotopic (exact) mass is 279 g/mol. The molecule has 18 heavy (non-hydrogen) atoms. The third-order valence-corrected chi connectivity index (χ3v) is 4.94. The summed E-state index contributed by atoms with van der Waals surface area (Å²) in [6, 6.07) is -0.294. The molecule has 2 fully saturated rings. The van der Waals surface area contributed by atoms with Crippen molar-refractivity contribution in [2.24, 2.45) is 0 Å². The minimum absolute atomic E-state index is 0.121. The first-order valence-corrected chi connectivity index (χ1v) is 7.80. The van der Waals surface area contributed by atoms with Crippen LogP contribution in [0.15, 0.2) is 0 Å². The van der Waals surface area contributed by atoms with Gasteiger partial charge in [-0.2, -0.15) is 12.7 Å². The van der Waals surface area contributed by atoms with Crippen LogP contribution in [-0.4, -0.2) is 68.3 Å². The predicted molar refractivity (Wildman–Crippen MR) is 65.9 cm³/mol. The summed E-state index contributed by atoms with van der Waals surface area (Å²) < 4.78 is 31.0. The molecule has 0 aromatic carbocycles. The number of aliphatic hydroxyl groups is 1. The standard InChI is InChI=1S/C10H21N3O4S/c14-9-10-3-1-2-4-13(10)18(15,16)11-12-5-7-17-8-6-12/h10-11,14H,1-9H2. The summed E-state index contributed by atoms with van der Waals surface area (Å²) >= 11 is 0. The topological polar surface area (TPSA) is 82.1 Å². The molecular formula is C10H21N3O4S. The lowest BCUT2D eigenvalue weighted by molar-refractivity contribution is 0.0251. The molecule has 2 heterocycles. The number of nitrogens with one attached hydrogen (secondary N) is 1. The Bertz CT molecular complexity index is 356. The van der Waals surface area contributed by atoms with E-state index in [2.05, 4.69) is 4.83 Å². The van der Waals surface area contributed by atoms with Crippen LogP contribution in [0.3, 0.4) is 0 Å². The van der Waals surface area contributed by atoms with E-state index in [-0.39, 0.29) is 12.6 Å². The van der Waals surface area contributed by atoms with E-state index in [0.717, 1.165) is 19.3 Å². The molecule has 0 aromatic rings. The highest BCUT2D eigenvalue weighted by molar-refractivity contribution is 7.87. The normalized spacial score (nSPS) is 28.4. The fourth-order valence-corrected chi connectivity index (χ4v) is 3.89. The summed E-state index contributed by atoms with van der Waals surface area (Å²) in [5, 5.41) is 10.9. The minimum atomic E-state index is -3.55. The molecule has 0 bridgehead atoms. The molecule has 2 N–H and O–H groups in total. The highest BCUT2D eigenvalue weighted by Gasteiger charge is 2.33. The van der Waals surface area contributed by atoms with Crippen LogP contribution in [0.1, 0.15) is 19.3 Å². The zero-order chi connectivity index (χ0) is 13.0. The average Bonchev–Trinajstić information content (AvgIpc) is 2.39. The van der Waals surface area contributed by atoms with Crippen LogP contribution in [-0.2, 0) is 14.9 Å². The second-order valence-electron chi connectivity index (χ2n) is 4.64. The van der Waals surface area contributed by atoms with Crippen LogP contribution in [0.2, 0.25) is 0 Å². The molecule has 0 spiro atoms. The Labute approximate surface area is 108 Å². The Balaban J connectivity index is 1.99. The van der Waals surface area contributed by atoms with Crippen molar-refractivity contribution in [1.82, 2.24) is 14.1 Å². The number of piperidine rings is 1. The van der Waals surface area contributed by atoms with Gasteiger partial charge in [-0.1, -0.05) is 6.42 Å². The molecule has 0 radical (unpaired) electrons. The van der Waals surface area contributed by atoms with Gasteiger partial charge in [0, 0.05) is 25.7 Å². The molecule has 2 saturated heterocycles. The Hall–Kier alpha value is -0.250. The van der Waals surface area contributed by atoms with Gasteiger partial charge in [-0.3, -0.25) is 0 Å². The molecule has 0 saturated carbocycles. The smallest absolute Gasteiger partial charge is 0.292 e. The summed E-state index contributed by atoms with van der Waals surface area (Å²) in [5.74, 6) is 0. The molecule has 2 rings (SSSR count). The summed E-state index contributed by atoms with van der Waals surface area (Å²) in [6.45, 7) is 2.53. The van der Waals surface area contributed by atoms with Gasteiger partial charge in [0.05, 0.1) is 19.8 Å². The van der Waals surface area contributed by atoms with E-state index >= 15 is 0 Å². The predicted octanol–water partition coefficient (Wildman–Crippen LogP) is -1.09. The molecule has 8 heteroatoms. The lowest BCUT2D eigenvalue weighted by Crippen LogP contribution is -2.56. The van der Waals surface area contributed by atoms with Crippen LogP contribution in [0.5, 0.6) is 0 Å². The number of hydrogen-bond donors (Lipinski definition) is 2. The second-order valence-corrected chi connectivity index (χ2v) is 6.24. The number of ether oxygens (including phenoxy) is 1. The van der Waals surface area contributed by atoms with Crippen molar-refractivity contribution in [2.45, 2.75) is 25.3 Å². The first kappa shape index (κ1) is 14.2. The highest BCUT2D eigenvalue weighted by atomic mass is 32.2. The molecular weight excluding hydrogens is 258 g/mol. The first-order valence-electron chi connectivity index (χ1n) is 6.36. The SMILES string of the molecule is O=S(=O)(NN1CCOCC1)N1CCCCC1CO. The van der Waals surface area contributed by atoms with Gasteiger partial charge < -0.3 is 9.84 Å². The van der Waals surface area contributed by atoms with Crippen LogP contribution in [0.25, 0.3) is 0 Å². The first-order chi connectivity index (χ1) is 8.63. The summed E-state index contributed by atoms with van der Waals surface area (Å²) in [6.07, 6.45) is 2.54. The van der Waals surface area contributed by atoms with Crippen LogP contribution in [0, 0.1) is 0 Å². The summed E-state index contributed by atoms with van der Waals surface area (Å²) in [7, 11) is -3.55. The van der Waals surface area contributed by atoms with Crippen molar-refractivity contribution in [3.8, 4) is 0 Å². The van der Waals surface area contributed by atoms with Crippen molar-refractivity contribution in [1.29, 1.82) is 0 Å². The van der Waals surface area contributed by atoms with Gasteiger partial charge in [-0.25, -0.2) is 5.01 Å². The zero-order valence-electron chi connectivity index (χ0n) is 10.4. The summed E-state index contributed by atoms with van der Waals surface area (Å²) in [4.78, 5) is 2.57. The Morgan fingerprint density at radius 3 is 2.61 bits per heavy atom. The van der Waals surface area contributed by atoms with Crippen molar-refractivity contribution < 1.29 is 18.3 Å². The maximum atomic E-state index is 12.2. The number of rotatable bonds is 4. The van der Waals surface area contributed by atoms with Gasteiger partial charge in [0.25, 0.3) is 10.2 Å². The third kappa shape index (κ3) is 3.40. The lowest BCUT2D eigenvalue weighted by atomic mass is 10.1. The van der Waals surface area contributed by atoms with E-state index in [0.29, 0.717) is 32.8 Å². The van der Waals surface area contributed by atoms with E-state index in [4.69, 9.17) is 4.74 Å². The molecule has 2 aliphatic heterocycles. The molecule has 1 atom stereocenters. The fourth-order valence-electron chi connectivity index (χ4n) is 2.34. The van der Waals surface area contributed by atoms with Gasteiger partial charge in [-0.05, 0) is 12.8 Å².